The molecule has 0 saturated heterocycles. The molecule has 21 heavy (non-hydrogen) atoms. The second-order valence-electron chi connectivity index (χ2n) is 5.50. The Bertz CT molecular complexity index is 685. The van der Waals surface area contributed by atoms with E-state index < -0.39 is 0 Å². The van der Waals surface area contributed by atoms with Crippen molar-refractivity contribution in [1.82, 2.24) is 4.98 Å². The number of benzene rings is 1. The number of rotatable bonds is 7. The van der Waals surface area contributed by atoms with E-state index in [2.05, 4.69) is 18.8 Å². The van der Waals surface area contributed by atoms with Gasteiger partial charge in [0.1, 0.15) is 0 Å². The molecule has 0 atom stereocenters. The summed E-state index contributed by atoms with van der Waals surface area (Å²) in [5.74, 6) is -0.0452. The van der Waals surface area contributed by atoms with E-state index in [0.29, 0.717) is 17.4 Å². The molecule has 0 unspecified atom stereocenters. The first-order valence-corrected chi connectivity index (χ1v) is 7.84. The first-order chi connectivity index (χ1) is 10.2. The molecule has 0 spiro atoms. The number of carbonyl (C=O) groups excluding carboxylic acids is 1. The number of aromatic nitrogens is 1. The number of nitrogens with one attached hydrogen (secondary N) is 1. The summed E-state index contributed by atoms with van der Waals surface area (Å²) in [6.45, 7) is 4.19. The first kappa shape index (κ1) is 15.5. The SMILES string of the molecule is CCCCCCC(=O)c1c[nH]c2ccc(CC)cc2c1=O. The molecule has 1 aromatic carbocycles. The molecule has 0 aliphatic rings. The molecule has 0 radical (unpaired) electrons. The molecule has 2 rings (SSSR count). The predicted molar refractivity (Wildman–Crippen MR) is 87.0 cm³/mol. The zero-order chi connectivity index (χ0) is 15.2. The predicted octanol–water partition coefficient (Wildman–Crippen LogP) is 4.24. The van der Waals surface area contributed by atoms with E-state index in [-0.39, 0.29) is 11.2 Å². The molecule has 1 N–H and O–H groups in total. The maximum absolute atomic E-state index is 12.5. The van der Waals surface area contributed by atoms with Crippen LogP contribution in [-0.2, 0) is 6.42 Å². The van der Waals surface area contributed by atoms with Crippen molar-refractivity contribution < 1.29 is 4.79 Å². The van der Waals surface area contributed by atoms with Gasteiger partial charge < -0.3 is 4.98 Å². The van der Waals surface area contributed by atoms with Crippen LogP contribution in [0.2, 0.25) is 0 Å². The van der Waals surface area contributed by atoms with Gasteiger partial charge >= 0.3 is 0 Å². The van der Waals surface area contributed by atoms with Crippen LogP contribution in [0.25, 0.3) is 10.9 Å². The normalized spacial score (nSPS) is 11.0. The van der Waals surface area contributed by atoms with Crippen molar-refractivity contribution in [3.05, 3.63) is 45.7 Å². The number of hydrogen-bond donors (Lipinski definition) is 1. The number of Topliss-reactive ketones (excluding diaryl/α,β-unsaturated/α-hetero) is 1. The molecule has 112 valence electrons. The van der Waals surface area contributed by atoms with Gasteiger partial charge in [0.25, 0.3) is 0 Å². The van der Waals surface area contributed by atoms with E-state index in [1.807, 2.05) is 18.2 Å². The zero-order valence-electron chi connectivity index (χ0n) is 12.9. The van der Waals surface area contributed by atoms with Crippen LogP contribution in [0.5, 0.6) is 0 Å². The lowest BCUT2D eigenvalue weighted by Crippen LogP contribution is -2.16. The molecule has 0 saturated carbocycles. The maximum atomic E-state index is 12.5. The smallest absolute Gasteiger partial charge is 0.200 e. The third-order valence-electron chi connectivity index (χ3n) is 3.91. The maximum Gasteiger partial charge on any atom is 0.200 e. The highest BCUT2D eigenvalue weighted by atomic mass is 16.1. The summed E-state index contributed by atoms with van der Waals surface area (Å²) in [4.78, 5) is 27.8. The van der Waals surface area contributed by atoms with E-state index in [4.69, 9.17) is 0 Å². The summed E-state index contributed by atoms with van der Waals surface area (Å²) >= 11 is 0. The van der Waals surface area contributed by atoms with Gasteiger partial charge in [0.15, 0.2) is 11.2 Å². The summed E-state index contributed by atoms with van der Waals surface area (Å²) in [5, 5.41) is 0.619. The Morgan fingerprint density at radius 2 is 1.95 bits per heavy atom. The van der Waals surface area contributed by atoms with Gasteiger partial charge in [0.05, 0.1) is 5.56 Å². The summed E-state index contributed by atoms with van der Waals surface area (Å²) in [6, 6.07) is 5.80. The van der Waals surface area contributed by atoms with Crippen LogP contribution in [0.15, 0.2) is 29.2 Å². The second kappa shape index (κ2) is 7.21. The number of aryl methyl sites for hydroxylation is 1. The molecule has 1 heterocycles. The number of H-pyrrole nitrogens is 1. The average molecular weight is 285 g/mol. The van der Waals surface area contributed by atoms with Crippen molar-refractivity contribution in [2.45, 2.75) is 52.4 Å². The molecule has 0 aliphatic heterocycles. The monoisotopic (exact) mass is 285 g/mol. The number of ketones is 1. The van der Waals surface area contributed by atoms with Gasteiger partial charge in [-0.15, -0.1) is 0 Å². The third-order valence-corrected chi connectivity index (χ3v) is 3.91. The largest absolute Gasteiger partial charge is 0.360 e. The van der Waals surface area contributed by atoms with Crippen LogP contribution in [0, 0.1) is 0 Å². The Balaban J connectivity index is 2.26. The van der Waals surface area contributed by atoms with E-state index >= 15 is 0 Å². The van der Waals surface area contributed by atoms with Crippen molar-refractivity contribution in [3.8, 4) is 0 Å². The zero-order valence-corrected chi connectivity index (χ0v) is 12.9. The van der Waals surface area contributed by atoms with Crippen molar-refractivity contribution in [1.29, 1.82) is 0 Å². The third kappa shape index (κ3) is 3.60. The second-order valence-corrected chi connectivity index (χ2v) is 5.50. The standard InChI is InChI=1S/C18H23NO2/c1-3-5-6-7-8-17(20)15-12-19-16-10-9-13(4-2)11-14(16)18(15)21/h9-12H,3-8H2,1-2H3,(H,19,21). The minimum atomic E-state index is -0.139. The fourth-order valence-electron chi connectivity index (χ4n) is 2.54. The summed E-state index contributed by atoms with van der Waals surface area (Å²) < 4.78 is 0. The minimum Gasteiger partial charge on any atom is -0.360 e. The van der Waals surface area contributed by atoms with E-state index in [0.717, 1.165) is 43.2 Å². The van der Waals surface area contributed by atoms with Crippen LogP contribution >= 0.6 is 0 Å². The first-order valence-electron chi connectivity index (χ1n) is 7.84. The molecule has 0 amide bonds. The van der Waals surface area contributed by atoms with Crippen molar-refractivity contribution in [3.63, 3.8) is 0 Å². The molecule has 3 heteroatoms. The molecular weight excluding hydrogens is 262 g/mol. The van der Waals surface area contributed by atoms with Crippen LogP contribution in [0.4, 0.5) is 0 Å². The number of carbonyl (C=O) groups is 1. The summed E-state index contributed by atoms with van der Waals surface area (Å²) in [7, 11) is 0. The van der Waals surface area contributed by atoms with Gasteiger partial charge in [-0.05, 0) is 30.5 Å². The summed E-state index contributed by atoms with van der Waals surface area (Å²) in [5.41, 5.74) is 2.06. The molecule has 1 aromatic heterocycles. The lowest BCUT2D eigenvalue weighted by Gasteiger charge is -2.05. The van der Waals surface area contributed by atoms with E-state index in [1.165, 1.54) is 0 Å². The highest BCUT2D eigenvalue weighted by molar-refractivity contribution is 5.98. The molecular formula is C18H23NO2. The number of hydrogen-bond acceptors (Lipinski definition) is 2. The van der Waals surface area contributed by atoms with Gasteiger partial charge in [0, 0.05) is 23.5 Å². The Morgan fingerprint density at radius 1 is 1.14 bits per heavy atom. The van der Waals surface area contributed by atoms with Gasteiger partial charge in [-0.1, -0.05) is 39.2 Å². The Hall–Kier alpha value is -1.90. The average Bonchev–Trinajstić information content (AvgIpc) is 2.51. The molecule has 0 aliphatic carbocycles. The van der Waals surface area contributed by atoms with E-state index in [1.54, 1.807) is 6.20 Å². The lowest BCUT2D eigenvalue weighted by atomic mass is 10.0. The van der Waals surface area contributed by atoms with Gasteiger partial charge in [-0.3, -0.25) is 9.59 Å². The number of unbranched alkanes of at least 4 members (excludes halogenated alkanes) is 3. The van der Waals surface area contributed by atoms with Crippen LogP contribution < -0.4 is 5.43 Å². The minimum absolute atomic E-state index is 0.0452. The number of aromatic amines is 1. The lowest BCUT2D eigenvalue weighted by molar-refractivity contribution is 0.0978. The Labute approximate surface area is 125 Å². The molecule has 3 nitrogen and oxygen atoms in total. The molecule has 2 aromatic rings. The Kier molecular flexibility index (Phi) is 5.32. The van der Waals surface area contributed by atoms with E-state index in [9.17, 15) is 9.59 Å². The number of fused-ring (bicyclic) bond motifs is 1. The Morgan fingerprint density at radius 3 is 2.67 bits per heavy atom. The van der Waals surface area contributed by atoms with Gasteiger partial charge in [0.2, 0.25) is 0 Å². The van der Waals surface area contributed by atoms with Crippen LogP contribution in [-0.4, -0.2) is 10.8 Å². The molecule has 0 fully saturated rings. The van der Waals surface area contributed by atoms with Crippen LogP contribution in [0.1, 0.15) is 61.9 Å². The summed E-state index contributed by atoms with van der Waals surface area (Å²) in [6.07, 6.45) is 7.10. The van der Waals surface area contributed by atoms with Crippen LogP contribution in [0.3, 0.4) is 0 Å². The fraction of sp³-hybridized carbons (Fsp3) is 0.444. The fourth-order valence-corrected chi connectivity index (χ4v) is 2.54. The highest BCUT2D eigenvalue weighted by Gasteiger charge is 2.12. The number of pyridine rings is 1. The van der Waals surface area contributed by atoms with Gasteiger partial charge in [-0.25, -0.2) is 0 Å². The van der Waals surface area contributed by atoms with Gasteiger partial charge in [-0.2, -0.15) is 0 Å². The van der Waals surface area contributed by atoms with Crippen molar-refractivity contribution in [2.75, 3.05) is 0 Å². The topological polar surface area (TPSA) is 49.9 Å². The van der Waals surface area contributed by atoms with Crippen molar-refractivity contribution in [2.24, 2.45) is 0 Å². The quantitative estimate of drug-likeness (QED) is 0.611. The highest BCUT2D eigenvalue weighted by Crippen LogP contribution is 2.13. The molecule has 0 bridgehead atoms. The van der Waals surface area contributed by atoms with Crippen molar-refractivity contribution >= 4 is 16.7 Å².